The van der Waals surface area contributed by atoms with Gasteiger partial charge in [0.2, 0.25) is 0 Å². The summed E-state index contributed by atoms with van der Waals surface area (Å²) in [6, 6.07) is 4.24. The smallest absolute Gasteiger partial charge is 0.134 e. The number of rotatable bonds is 4. The molecular weight excluding hydrogens is 254 g/mol. The van der Waals surface area contributed by atoms with Gasteiger partial charge in [0.15, 0.2) is 0 Å². The monoisotopic (exact) mass is 275 g/mol. The van der Waals surface area contributed by atoms with E-state index >= 15 is 0 Å². The van der Waals surface area contributed by atoms with Crippen LogP contribution in [0, 0.1) is 0 Å². The topological polar surface area (TPSA) is 28.2 Å². The summed E-state index contributed by atoms with van der Waals surface area (Å²) >= 11 is 1.77. The highest BCUT2D eigenvalue weighted by Crippen LogP contribution is 2.34. The molecule has 2 heterocycles. The van der Waals surface area contributed by atoms with E-state index in [1.165, 1.54) is 35.8 Å². The molecular formula is C15H21N3S. The first-order valence-corrected chi connectivity index (χ1v) is 7.83. The van der Waals surface area contributed by atoms with Crippen LogP contribution in [0.4, 0.5) is 5.82 Å². The largest absolute Gasteiger partial charge is 0.368 e. The second-order valence-electron chi connectivity index (χ2n) is 5.67. The van der Waals surface area contributed by atoms with E-state index < -0.39 is 0 Å². The summed E-state index contributed by atoms with van der Waals surface area (Å²) < 4.78 is 1.31. The Morgan fingerprint density at radius 3 is 2.84 bits per heavy atom. The van der Waals surface area contributed by atoms with Crippen molar-refractivity contribution in [3.8, 4) is 0 Å². The Labute approximate surface area is 118 Å². The van der Waals surface area contributed by atoms with Crippen molar-refractivity contribution in [2.75, 3.05) is 26.0 Å². The van der Waals surface area contributed by atoms with Crippen molar-refractivity contribution >= 4 is 27.2 Å². The van der Waals surface area contributed by atoms with E-state index in [0.717, 1.165) is 12.4 Å². The first kappa shape index (κ1) is 12.9. The van der Waals surface area contributed by atoms with E-state index in [2.05, 4.69) is 46.8 Å². The highest BCUT2D eigenvalue weighted by molar-refractivity contribution is 7.17. The molecule has 0 aliphatic heterocycles. The lowest BCUT2D eigenvalue weighted by Crippen LogP contribution is -2.47. The summed E-state index contributed by atoms with van der Waals surface area (Å²) in [5.41, 5.74) is 0.305. The lowest BCUT2D eigenvalue weighted by molar-refractivity contribution is 0.172. The van der Waals surface area contributed by atoms with Crippen LogP contribution < -0.4 is 5.32 Å². The fourth-order valence-corrected chi connectivity index (χ4v) is 3.88. The number of fused-ring (bicyclic) bond motifs is 1. The molecule has 1 fully saturated rings. The van der Waals surface area contributed by atoms with Gasteiger partial charge in [-0.25, -0.2) is 4.98 Å². The number of likely N-dealkylation sites (N-methyl/N-ethyl adjacent to an activating group) is 1. The molecule has 0 atom stereocenters. The maximum atomic E-state index is 4.51. The van der Waals surface area contributed by atoms with E-state index in [-0.39, 0.29) is 0 Å². The van der Waals surface area contributed by atoms with Crippen LogP contribution in [-0.4, -0.2) is 36.1 Å². The van der Waals surface area contributed by atoms with E-state index in [4.69, 9.17) is 0 Å². The van der Waals surface area contributed by atoms with Gasteiger partial charge in [-0.1, -0.05) is 12.8 Å². The van der Waals surface area contributed by atoms with Crippen molar-refractivity contribution in [3.63, 3.8) is 0 Å². The second-order valence-corrected chi connectivity index (χ2v) is 6.62. The van der Waals surface area contributed by atoms with Gasteiger partial charge in [0.25, 0.3) is 0 Å². The van der Waals surface area contributed by atoms with Gasteiger partial charge in [0.05, 0.1) is 0 Å². The molecule has 0 unspecified atom stereocenters. The molecule has 1 aliphatic carbocycles. The quantitative estimate of drug-likeness (QED) is 0.924. The first-order chi connectivity index (χ1) is 9.21. The normalized spacial score (nSPS) is 18.3. The SMILES string of the molecule is CN(C)C1(CNc2nccc3sccc23)CCCC1. The molecule has 1 N–H and O–H groups in total. The van der Waals surface area contributed by atoms with Crippen molar-refractivity contribution in [2.45, 2.75) is 31.2 Å². The van der Waals surface area contributed by atoms with Gasteiger partial charge in [-0.2, -0.15) is 0 Å². The van der Waals surface area contributed by atoms with Crippen LogP contribution in [0.15, 0.2) is 23.7 Å². The molecule has 4 heteroatoms. The molecule has 2 aromatic heterocycles. The molecule has 19 heavy (non-hydrogen) atoms. The number of nitrogens with zero attached hydrogens (tertiary/aromatic N) is 2. The Kier molecular flexibility index (Phi) is 3.46. The molecule has 3 nitrogen and oxygen atoms in total. The van der Waals surface area contributed by atoms with Gasteiger partial charge in [-0.05, 0) is 44.4 Å². The maximum absolute atomic E-state index is 4.51. The molecule has 1 saturated carbocycles. The second kappa shape index (κ2) is 5.10. The van der Waals surface area contributed by atoms with Crippen LogP contribution in [0.25, 0.3) is 10.1 Å². The van der Waals surface area contributed by atoms with Crippen LogP contribution in [0.5, 0.6) is 0 Å². The third-order valence-corrected chi connectivity index (χ3v) is 5.33. The van der Waals surface area contributed by atoms with Crippen LogP contribution in [0.3, 0.4) is 0 Å². The Morgan fingerprint density at radius 1 is 1.32 bits per heavy atom. The first-order valence-electron chi connectivity index (χ1n) is 6.95. The van der Waals surface area contributed by atoms with Crippen molar-refractivity contribution in [2.24, 2.45) is 0 Å². The Bertz CT molecular complexity index is 555. The molecule has 1 aliphatic rings. The van der Waals surface area contributed by atoms with Crippen molar-refractivity contribution in [3.05, 3.63) is 23.7 Å². The number of hydrogen-bond acceptors (Lipinski definition) is 4. The highest BCUT2D eigenvalue weighted by atomic mass is 32.1. The van der Waals surface area contributed by atoms with Gasteiger partial charge in [0.1, 0.15) is 5.82 Å². The molecule has 0 spiro atoms. The van der Waals surface area contributed by atoms with Gasteiger partial charge in [-0.15, -0.1) is 11.3 Å². The van der Waals surface area contributed by atoms with E-state index in [0.29, 0.717) is 5.54 Å². The van der Waals surface area contributed by atoms with Crippen molar-refractivity contribution in [1.29, 1.82) is 0 Å². The van der Waals surface area contributed by atoms with Gasteiger partial charge < -0.3 is 10.2 Å². The van der Waals surface area contributed by atoms with Gasteiger partial charge >= 0.3 is 0 Å². The maximum Gasteiger partial charge on any atom is 0.134 e. The number of anilines is 1. The molecule has 0 bridgehead atoms. The highest BCUT2D eigenvalue weighted by Gasteiger charge is 2.35. The zero-order valence-electron chi connectivity index (χ0n) is 11.6. The number of pyridine rings is 1. The van der Waals surface area contributed by atoms with Gasteiger partial charge in [0, 0.05) is 28.4 Å². The van der Waals surface area contributed by atoms with Crippen LogP contribution in [0.2, 0.25) is 0 Å². The zero-order chi connectivity index (χ0) is 13.3. The molecule has 0 saturated heterocycles. The summed E-state index contributed by atoms with van der Waals surface area (Å²) in [4.78, 5) is 6.90. The fourth-order valence-electron chi connectivity index (χ4n) is 3.10. The molecule has 0 amide bonds. The summed E-state index contributed by atoms with van der Waals surface area (Å²) in [7, 11) is 4.40. The minimum atomic E-state index is 0.305. The van der Waals surface area contributed by atoms with E-state index in [1.54, 1.807) is 11.3 Å². The summed E-state index contributed by atoms with van der Waals surface area (Å²) in [6.07, 6.45) is 7.16. The lowest BCUT2D eigenvalue weighted by atomic mass is 9.96. The molecule has 0 aromatic carbocycles. The minimum absolute atomic E-state index is 0.305. The number of nitrogens with one attached hydrogen (secondary N) is 1. The fraction of sp³-hybridized carbons (Fsp3) is 0.533. The van der Waals surface area contributed by atoms with Crippen LogP contribution in [0.1, 0.15) is 25.7 Å². The zero-order valence-corrected chi connectivity index (χ0v) is 12.5. The molecule has 3 rings (SSSR count). The Morgan fingerprint density at radius 2 is 2.11 bits per heavy atom. The molecule has 102 valence electrons. The molecule has 2 aromatic rings. The average Bonchev–Trinajstić information content (AvgIpc) is 3.06. The van der Waals surface area contributed by atoms with Gasteiger partial charge in [-0.3, -0.25) is 0 Å². The lowest BCUT2D eigenvalue weighted by Gasteiger charge is -2.36. The van der Waals surface area contributed by atoms with E-state index in [9.17, 15) is 0 Å². The Hall–Kier alpha value is -1.13. The number of thiophene rings is 1. The minimum Gasteiger partial charge on any atom is -0.368 e. The standard InChI is InChI=1S/C15H21N3S/c1-18(2)15(7-3-4-8-15)11-17-14-12-6-10-19-13(12)5-9-16-14/h5-6,9-10H,3-4,7-8,11H2,1-2H3,(H,16,17). The third kappa shape index (κ3) is 2.35. The van der Waals surface area contributed by atoms with Crippen molar-refractivity contribution in [1.82, 2.24) is 9.88 Å². The predicted molar refractivity (Wildman–Crippen MR) is 83.0 cm³/mol. The summed E-state index contributed by atoms with van der Waals surface area (Å²) in [5, 5.41) is 6.97. The summed E-state index contributed by atoms with van der Waals surface area (Å²) in [6.45, 7) is 0.988. The molecule has 0 radical (unpaired) electrons. The summed E-state index contributed by atoms with van der Waals surface area (Å²) in [5.74, 6) is 1.03. The van der Waals surface area contributed by atoms with Crippen molar-refractivity contribution < 1.29 is 0 Å². The average molecular weight is 275 g/mol. The number of aromatic nitrogens is 1. The third-order valence-electron chi connectivity index (χ3n) is 4.45. The van der Waals surface area contributed by atoms with E-state index in [1.807, 2.05) is 6.20 Å². The predicted octanol–water partition coefficient (Wildman–Crippen LogP) is 3.58. The van der Waals surface area contributed by atoms with Crippen LogP contribution in [-0.2, 0) is 0 Å². The Balaban J connectivity index is 1.80. The van der Waals surface area contributed by atoms with Crippen LogP contribution >= 0.6 is 11.3 Å². The number of hydrogen-bond donors (Lipinski definition) is 1.